The molecule has 0 saturated carbocycles. The van der Waals surface area contributed by atoms with Crippen molar-refractivity contribution >= 4 is 17.8 Å². The summed E-state index contributed by atoms with van der Waals surface area (Å²) in [5.74, 6) is 1.02. The minimum Gasteiger partial charge on any atom is -0.493 e. The number of hydrogen-bond donors (Lipinski definition) is 0. The molecule has 7 heteroatoms. The summed E-state index contributed by atoms with van der Waals surface area (Å²) in [6, 6.07) is 8.27. The van der Waals surface area contributed by atoms with Gasteiger partial charge in [0.2, 0.25) is 11.5 Å². The third kappa shape index (κ3) is 3.44. The van der Waals surface area contributed by atoms with Gasteiger partial charge in [0.1, 0.15) is 0 Å². The summed E-state index contributed by atoms with van der Waals surface area (Å²) in [6.45, 7) is 1.28. The Morgan fingerprint density at radius 3 is 2.30 bits per heavy atom. The summed E-state index contributed by atoms with van der Waals surface area (Å²) in [7, 11) is 4.49. The number of hydrogen-bond acceptors (Lipinski definition) is 7. The lowest BCUT2D eigenvalue weighted by Crippen LogP contribution is -2.03. The highest BCUT2D eigenvalue weighted by Gasteiger charge is 2.32. The number of ether oxygens (including phenoxy) is 5. The van der Waals surface area contributed by atoms with Gasteiger partial charge >= 0.3 is 5.97 Å². The molecule has 7 nitrogen and oxygen atoms in total. The summed E-state index contributed by atoms with van der Waals surface area (Å²) in [5.41, 5.74) is 1.03. The zero-order chi connectivity index (χ0) is 19.6. The lowest BCUT2D eigenvalue weighted by atomic mass is 10.1. The molecule has 0 spiro atoms. The summed E-state index contributed by atoms with van der Waals surface area (Å²) >= 11 is 0. The second-order valence-corrected chi connectivity index (χ2v) is 5.62. The number of methoxy groups -OCH3 is 3. The predicted octanol–water partition coefficient (Wildman–Crippen LogP) is 3.25. The minimum absolute atomic E-state index is 0.121. The Morgan fingerprint density at radius 2 is 1.67 bits per heavy atom. The molecule has 0 N–H and O–H groups in total. The molecule has 0 aliphatic carbocycles. The Hall–Kier alpha value is -3.48. The van der Waals surface area contributed by atoms with E-state index in [9.17, 15) is 9.59 Å². The van der Waals surface area contributed by atoms with Gasteiger partial charge in [0, 0.05) is 6.92 Å². The molecule has 2 aromatic carbocycles. The molecular formula is C20H18O7. The molecule has 2 aromatic rings. The van der Waals surface area contributed by atoms with E-state index in [0.717, 1.165) is 0 Å². The molecule has 1 aliphatic heterocycles. The van der Waals surface area contributed by atoms with Crippen molar-refractivity contribution in [1.29, 1.82) is 0 Å². The third-order valence-corrected chi connectivity index (χ3v) is 3.92. The fraction of sp³-hybridized carbons (Fsp3) is 0.200. The van der Waals surface area contributed by atoms with Crippen molar-refractivity contribution in [3.63, 3.8) is 0 Å². The van der Waals surface area contributed by atoms with E-state index < -0.39 is 5.97 Å². The number of ketones is 1. The normalized spacial score (nSPS) is 13.8. The molecule has 0 bridgehead atoms. The second-order valence-electron chi connectivity index (χ2n) is 5.62. The summed E-state index contributed by atoms with van der Waals surface area (Å²) in [6.07, 6.45) is 1.59. The Balaban J connectivity index is 1.99. The first kappa shape index (κ1) is 18.3. The van der Waals surface area contributed by atoms with Crippen molar-refractivity contribution in [3.05, 3.63) is 47.2 Å². The zero-order valence-corrected chi connectivity index (χ0v) is 15.3. The van der Waals surface area contributed by atoms with E-state index in [1.807, 2.05) is 0 Å². The smallest absolute Gasteiger partial charge is 0.308 e. The number of benzene rings is 2. The first-order valence-corrected chi connectivity index (χ1v) is 8.04. The molecule has 0 aromatic heterocycles. The van der Waals surface area contributed by atoms with Gasteiger partial charge in [-0.15, -0.1) is 0 Å². The molecule has 0 atom stereocenters. The Kier molecular flexibility index (Phi) is 5.03. The van der Waals surface area contributed by atoms with Gasteiger partial charge in [-0.3, -0.25) is 9.59 Å². The number of fused-ring (bicyclic) bond motifs is 1. The number of carbonyl (C=O) groups excluding carboxylic acids is 2. The van der Waals surface area contributed by atoms with Gasteiger partial charge in [0.15, 0.2) is 28.8 Å². The fourth-order valence-electron chi connectivity index (χ4n) is 2.73. The summed E-state index contributed by atoms with van der Waals surface area (Å²) < 4.78 is 26.6. The molecule has 0 radical (unpaired) electrons. The molecule has 1 heterocycles. The Bertz CT molecular complexity index is 944. The highest BCUT2D eigenvalue weighted by Crippen LogP contribution is 2.45. The molecule has 0 saturated heterocycles. The van der Waals surface area contributed by atoms with Gasteiger partial charge in [-0.05, 0) is 35.9 Å². The van der Waals surface area contributed by atoms with E-state index in [1.54, 1.807) is 31.4 Å². The molecule has 0 fully saturated rings. The van der Waals surface area contributed by atoms with E-state index in [1.165, 1.54) is 33.3 Å². The molecule has 140 valence electrons. The largest absolute Gasteiger partial charge is 0.493 e. The lowest BCUT2D eigenvalue weighted by Gasteiger charge is -2.10. The van der Waals surface area contributed by atoms with Crippen LogP contribution in [-0.4, -0.2) is 33.1 Å². The van der Waals surface area contributed by atoms with Gasteiger partial charge in [-0.2, -0.15) is 0 Å². The van der Waals surface area contributed by atoms with Crippen LogP contribution < -0.4 is 23.7 Å². The van der Waals surface area contributed by atoms with Gasteiger partial charge in [-0.1, -0.05) is 6.07 Å². The number of rotatable bonds is 5. The quantitative estimate of drug-likeness (QED) is 0.454. The van der Waals surface area contributed by atoms with Gasteiger partial charge in [-0.25, -0.2) is 0 Å². The van der Waals surface area contributed by atoms with E-state index in [2.05, 4.69) is 0 Å². The maximum Gasteiger partial charge on any atom is 0.308 e. The first-order valence-electron chi connectivity index (χ1n) is 8.04. The van der Waals surface area contributed by atoms with Gasteiger partial charge in [0.05, 0.1) is 26.9 Å². The summed E-state index contributed by atoms with van der Waals surface area (Å²) in [5, 5.41) is 0. The number of Topliss-reactive ketones (excluding diaryl/α,β-unsaturated/α-hetero) is 1. The fourth-order valence-corrected chi connectivity index (χ4v) is 2.73. The number of esters is 1. The van der Waals surface area contributed by atoms with Crippen molar-refractivity contribution < 1.29 is 33.3 Å². The van der Waals surface area contributed by atoms with Crippen LogP contribution in [0.15, 0.2) is 36.1 Å². The van der Waals surface area contributed by atoms with Crippen LogP contribution in [0.25, 0.3) is 6.08 Å². The maximum atomic E-state index is 12.7. The van der Waals surface area contributed by atoms with E-state index >= 15 is 0 Å². The molecule has 1 aliphatic rings. The van der Waals surface area contributed by atoms with Crippen molar-refractivity contribution in [1.82, 2.24) is 0 Å². The lowest BCUT2D eigenvalue weighted by molar-refractivity contribution is -0.132. The van der Waals surface area contributed by atoms with Crippen LogP contribution in [0.5, 0.6) is 28.7 Å². The van der Waals surface area contributed by atoms with E-state index in [-0.39, 0.29) is 28.8 Å². The Labute approximate surface area is 156 Å². The second kappa shape index (κ2) is 7.41. The SMILES string of the molecule is COc1ccc(/C=C2/Oc3c(ccc(OC(C)=O)c3OC)C2=O)cc1OC. The minimum atomic E-state index is -0.501. The van der Waals surface area contributed by atoms with Crippen LogP contribution in [0.4, 0.5) is 0 Å². The molecule has 0 amide bonds. The van der Waals surface area contributed by atoms with Crippen molar-refractivity contribution in [3.8, 4) is 28.7 Å². The van der Waals surface area contributed by atoms with Gasteiger partial charge < -0.3 is 23.7 Å². The van der Waals surface area contributed by atoms with Crippen LogP contribution in [-0.2, 0) is 4.79 Å². The third-order valence-electron chi connectivity index (χ3n) is 3.92. The average Bonchev–Trinajstić information content (AvgIpc) is 2.96. The van der Waals surface area contributed by atoms with Gasteiger partial charge in [0.25, 0.3) is 0 Å². The molecule has 0 unspecified atom stereocenters. The average molecular weight is 370 g/mol. The van der Waals surface area contributed by atoms with Crippen LogP contribution >= 0.6 is 0 Å². The zero-order valence-electron chi connectivity index (χ0n) is 15.3. The molecular weight excluding hydrogens is 352 g/mol. The van der Waals surface area contributed by atoms with Crippen LogP contribution in [0.3, 0.4) is 0 Å². The molecule has 3 rings (SSSR count). The topological polar surface area (TPSA) is 80.3 Å². The van der Waals surface area contributed by atoms with Crippen molar-refractivity contribution in [2.24, 2.45) is 0 Å². The maximum absolute atomic E-state index is 12.7. The van der Waals surface area contributed by atoms with Crippen molar-refractivity contribution in [2.75, 3.05) is 21.3 Å². The van der Waals surface area contributed by atoms with E-state index in [4.69, 9.17) is 23.7 Å². The summed E-state index contributed by atoms with van der Waals surface area (Å²) in [4.78, 5) is 23.9. The predicted molar refractivity (Wildman–Crippen MR) is 96.8 cm³/mol. The highest BCUT2D eigenvalue weighted by atomic mass is 16.6. The van der Waals surface area contributed by atoms with Crippen LogP contribution in [0.1, 0.15) is 22.8 Å². The standard InChI is InChI=1S/C20H18O7/c1-11(21)26-15-8-6-13-18(22)17(27-19(13)20(15)25-4)10-12-5-7-14(23-2)16(9-12)24-3/h5-10H,1-4H3/b17-10+. The van der Waals surface area contributed by atoms with Crippen LogP contribution in [0, 0.1) is 0 Å². The highest BCUT2D eigenvalue weighted by molar-refractivity contribution is 6.15. The van der Waals surface area contributed by atoms with Crippen molar-refractivity contribution in [2.45, 2.75) is 6.92 Å². The number of allylic oxidation sites excluding steroid dienone is 1. The first-order chi connectivity index (χ1) is 13.0. The van der Waals surface area contributed by atoms with E-state index in [0.29, 0.717) is 22.6 Å². The Morgan fingerprint density at radius 1 is 0.963 bits per heavy atom. The van der Waals surface area contributed by atoms with Crippen LogP contribution in [0.2, 0.25) is 0 Å². The monoisotopic (exact) mass is 370 g/mol. The molecule has 27 heavy (non-hydrogen) atoms. The number of carbonyl (C=O) groups is 2.